The van der Waals surface area contributed by atoms with Crippen LogP contribution in [0.15, 0.2) is 24.3 Å². The Labute approximate surface area is 104 Å². The summed E-state index contributed by atoms with van der Waals surface area (Å²) in [5.74, 6) is 0.552. The van der Waals surface area contributed by atoms with Crippen molar-refractivity contribution in [3.05, 3.63) is 35.4 Å². The third-order valence-electron chi connectivity index (χ3n) is 3.20. The summed E-state index contributed by atoms with van der Waals surface area (Å²) >= 11 is 0. The van der Waals surface area contributed by atoms with E-state index in [1.165, 1.54) is 17.5 Å². The number of aryl methyl sites for hydroxylation is 1. The molecule has 2 rings (SSSR count). The van der Waals surface area contributed by atoms with Crippen molar-refractivity contribution >= 4 is 12.4 Å². The summed E-state index contributed by atoms with van der Waals surface area (Å²) in [6, 6.07) is 8.78. The second kappa shape index (κ2) is 6.24. The normalized spacial score (nSPS) is 24.9. The van der Waals surface area contributed by atoms with E-state index < -0.39 is 0 Å². The van der Waals surface area contributed by atoms with Gasteiger partial charge in [-0.15, -0.1) is 12.4 Å². The van der Waals surface area contributed by atoms with Crippen LogP contribution in [-0.2, 0) is 4.74 Å². The number of ether oxygens (including phenoxy) is 1. The van der Waals surface area contributed by atoms with Gasteiger partial charge >= 0.3 is 0 Å². The van der Waals surface area contributed by atoms with E-state index >= 15 is 0 Å². The second-order valence-electron chi connectivity index (χ2n) is 4.29. The number of halogens is 1. The monoisotopic (exact) mass is 241 g/mol. The summed E-state index contributed by atoms with van der Waals surface area (Å²) in [6.07, 6.45) is 1.49. The number of piperidine rings is 1. The van der Waals surface area contributed by atoms with E-state index in [1.54, 1.807) is 7.11 Å². The molecular formula is C13H20ClNO. The minimum atomic E-state index is 0. The zero-order valence-electron chi connectivity index (χ0n) is 9.90. The summed E-state index contributed by atoms with van der Waals surface area (Å²) in [5, 5.41) is 3.38. The van der Waals surface area contributed by atoms with Crippen LogP contribution in [0.3, 0.4) is 0 Å². The lowest BCUT2D eigenvalue weighted by Gasteiger charge is -2.31. The first-order valence-electron chi connectivity index (χ1n) is 5.61. The lowest BCUT2D eigenvalue weighted by molar-refractivity contribution is 0.0625. The Morgan fingerprint density at radius 1 is 1.38 bits per heavy atom. The van der Waals surface area contributed by atoms with Crippen molar-refractivity contribution in [1.82, 2.24) is 5.32 Å². The van der Waals surface area contributed by atoms with E-state index in [0.717, 1.165) is 13.1 Å². The molecule has 2 atom stereocenters. The van der Waals surface area contributed by atoms with Gasteiger partial charge in [0, 0.05) is 19.6 Å². The molecule has 0 amide bonds. The molecular weight excluding hydrogens is 222 g/mol. The standard InChI is InChI=1S/C13H19NO.ClH/c1-10-4-3-5-11(8-10)12-6-7-14-9-13(12)15-2;/h3-5,8,12-14H,6-7,9H2,1-2H3;1H/t12-,13+;/m0./s1. The van der Waals surface area contributed by atoms with Crippen LogP contribution < -0.4 is 5.32 Å². The largest absolute Gasteiger partial charge is 0.379 e. The van der Waals surface area contributed by atoms with Gasteiger partial charge in [-0.25, -0.2) is 0 Å². The van der Waals surface area contributed by atoms with Crippen LogP contribution in [0.1, 0.15) is 23.5 Å². The van der Waals surface area contributed by atoms with Crippen LogP contribution in [0, 0.1) is 6.92 Å². The summed E-state index contributed by atoms with van der Waals surface area (Å²) in [4.78, 5) is 0. The van der Waals surface area contributed by atoms with Crippen molar-refractivity contribution in [3.8, 4) is 0 Å². The zero-order chi connectivity index (χ0) is 10.7. The Hall–Kier alpha value is -0.570. The van der Waals surface area contributed by atoms with E-state index in [2.05, 4.69) is 36.5 Å². The first kappa shape index (κ1) is 13.5. The van der Waals surface area contributed by atoms with Crippen molar-refractivity contribution in [2.75, 3.05) is 20.2 Å². The smallest absolute Gasteiger partial charge is 0.0764 e. The van der Waals surface area contributed by atoms with Gasteiger partial charge in [0.1, 0.15) is 0 Å². The van der Waals surface area contributed by atoms with Gasteiger partial charge in [-0.2, -0.15) is 0 Å². The quantitative estimate of drug-likeness (QED) is 0.859. The molecule has 1 N–H and O–H groups in total. The van der Waals surface area contributed by atoms with Gasteiger partial charge < -0.3 is 10.1 Å². The van der Waals surface area contributed by atoms with Crippen LogP contribution in [0.25, 0.3) is 0 Å². The molecule has 0 spiro atoms. The van der Waals surface area contributed by atoms with Crippen LogP contribution in [-0.4, -0.2) is 26.3 Å². The fraction of sp³-hybridized carbons (Fsp3) is 0.538. The maximum absolute atomic E-state index is 5.54. The maximum atomic E-state index is 5.54. The molecule has 0 unspecified atom stereocenters. The Morgan fingerprint density at radius 2 is 2.19 bits per heavy atom. The lowest BCUT2D eigenvalue weighted by atomic mass is 9.87. The summed E-state index contributed by atoms with van der Waals surface area (Å²) in [5.41, 5.74) is 2.75. The molecule has 1 aromatic carbocycles. The van der Waals surface area contributed by atoms with Crippen molar-refractivity contribution in [1.29, 1.82) is 0 Å². The van der Waals surface area contributed by atoms with E-state index in [-0.39, 0.29) is 12.4 Å². The fourth-order valence-electron chi connectivity index (χ4n) is 2.36. The lowest BCUT2D eigenvalue weighted by Crippen LogP contribution is -2.40. The van der Waals surface area contributed by atoms with Gasteiger partial charge in [0.25, 0.3) is 0 Å². The molecule has 1 aliphatic heterocycles. The molecule has 3 heteroatoms. The molecule has 16 heavy (non-hydrogen) atoms. The minimum absolute atomic E-state index is 0. The molecule has 1 fully saturated rings. The number of rotatable bonds is 2. The van der Waals surface area contributed by atoms with Crippen LogP contribution in [0.5, 0.6) is 0 Å². The number of hydrogen-bond donors (Lipinski definition) is 1. The molecule has 0 radical (unpaired) electrons. The van der Waals surface area contributed by atoms with Crippen LogP contribution in [0.2, 0.25) is 0 Å². The average molecular weight is 242 g/mol. The molecule has 0 saturated carbocycles. The molecule has 0 bridgehead atoms. The first-order valence-corrected chi connectivity index (χ1v) is 5.61. The number of methoxy groups -OCH3 is 1. The third kappa shape index (κ3) is 2.97. The van der Waals surface area contributed by atoms with Crippen LogP contribution in [0.4, 0.5) is 0 Å². The topological polar surface area (TPSA) is 21.3 Å². The highest BCUT2D eigenvalue weighted by molar-refractivity contribution is 5.85. The fourth-order valence-corrected chi connectivity index (χ4v) is 2.36. The Morgan fingerprint density at radius 3 is 2.88 bits per heavy atom. The maximum Gasteiger partial charge on any atom is 0.0764 e. The SMILES string of the molecule is CO[C@@H]1CNCC[C@H]1c1cccc(C)c1.Cl. The Kier molecular flexibility index (Phi) is 5.26. The Balaban J connectivity index is 0.00000128. The van der Waals surface area contributed by atoms with Crippen LogP contribution >= 0.6 is 12.4 Å². The molecule has 2 nitrogen and oxygen atoms in total. The Bertz CT molecular complexity index is 329. The van der Waals surface area contributed by atoms with Crippen molar-refractivity contribution in [3.63, 3.8) is 0 Å². The number of benzene rings is 1. The van der Waals surface area contributed by atoms with Crippen molar-refractivity contribution < 1.29 is 4.74 Å². The van der Waals surface area contributed by atoms with Gasteiger partial charge in [-0.3, -0.25) is 0 Å². The van der Waals surface area contributed by atoms with E-state index in [1.807, 2.05) is 0 Å². The highest BCUT2D eigenvalue weighted by atomic mass is 35.5. The van der Waals surface area contributed by atoms with Crippen molar-refractivity contribution in [2.45, 2.75) is 25.4 Å². The van der Waals surface area contributed by atoms with Crippen molar-refractivity contribution in [2.24, 2.45) is 0 Å². The van der Waals surface area contributed by atoms with E-state index in [4.69, 9.17) is 4.74 Å². The van der Waals surface area contributed by atoms with Gasteiger partial charge in [-0.05, 0) is 25.5 Å². The summed E-state index contributed by atoms with van der Waals surface area (Å²) in [7, 11) is 1.81. The molecule has 90 valence electrons. The van der Waals surface area contributed by atoms with Gasteiger partial charge in [0.05, 0.1) is 6.10 Å². The molecule has 1 saturated heterocycles. The highest BCUT2D eigenvalue weighted by Crippen LogP contribution is 2.27. The molecule has 1 heterocycles. The van der Waals surface area contributed by atoms with E-state index in [0.29, 0.717) is 12.0 Å². The second-order valence-corrected chi connectivity index (χ2v) is 4.29. The number of hydrogen-bond acceptors (Lipinski definition) is 2. The first-order chi connectivity index (χ1) is 7.31. The molecule has 0 aliphatic carbocycles. The minimum Gasteiger partial charge on any atom is -0.379 e. The van der Waals surface area contributed by atoms with Gasteiger partial charge in [-0.1, -0.05) is 29.8 Å². The van der Waals surface area contributed by atoms with Gasteiger partial charge in [0.2, 0.25) is 0 Å². The molecule has 1 aromatic rings. The highest BCUT2D eigenvalue weighted by Gasteiger charge is 2.25. The summed E-state index contributed by atoms with van der Waals surface area (Å²) in [6.45, 7) is 4.21. The predicted octanol–water partition coefficient (Wildman–Crippen LogP) is 2.51. The summed E-state index contributed by atoms with van der Waals surface area (Å²) < 4.78 is 5.54. The molecule has 1 aliphatic rings. The molecule has 0 aromatic heterocycles. The average Bonchev–Trinajstić information content (AvgIpc) is 2.29. The third-order valence-corrected chi connectivity index (χ3v) is 3.20. The predicted molar refractivity (Wildman–Crippen MR) is 69.5 cm³/mol. The number of nitrogens with one attached hydrogen (secondary N) is 1. The zero-order valence-corrected chi connectivity index (χ0v) is 10.7. The van der Waals surface area contributed by atoms with E-state index in [9.17, 15) is 0 Å². The van der Waals surface area contributed by atoms with Gasteiger partial charge in [0.15, 0.2) is 0 Å².